The third-order valence-electron chi connectivity index (χ3n) is 5.07. The molecule has 140 valence electrons. The molecule has 1 aromatic rings. The number of pyridine rings is 1. The van der Waals surface area contributed by atoms with Crippen LogP contribution in [0, 0.1) is 0 Å². The Balaban J connectivity index is 1.58. The second kappa shape index (κ2) is 7.07. The topological polar surface area (TPSA) is 39.6 Å². The van der Waals surface area contributed by atoms with Crippen LogP contribution in [0.3, 0.4) is 0 Å². The van der Waals surface area contributed by atoms with Gasteiger partial charge < -0.3 is 10.0 Å². The van der Waals surface area contributed by atoms with Crippen LogP contribution in [-0.2, 0) is 6.18 Å². The molecule has 1 N–H and O–H groups in total. The average Bonchev–Trinajstić information content (AvgIpc) is 2.57. The molecule has 0 unspecified atom stereocenters. The number of anilines is 1. The van der Waals surface area contributed by atoms with Crippen LogP contribution in [0.4, 0.5) is 23.4 Å². The summed E-state index contributed by atoms with van der Waals surface area (Å²) in [7, 11) is 0. The Morgan fingerprint density at radius 1 is 1.12 bits per heavy atom. The van der Waals surface area contributed by atoms with E-state index in [-0.39, 0.29) is 24.8 Å². The van der Waals surface area contributed by atoms with Crippen molar-refractivity contribution in [3.63, 3.8) is 0 Å². The highest BCUT2D eigenvalue weighted by Gasteiger charge is 2.38. The first-order valence-electron chi connectivity index (χ1n) is 8.64. The van der Waals surface area contributed by atoms with Gasteiger partial charge in [-0.3, -0.25) is 4.90 Å². The summed E-state index contributed by atoms with van der Waals surface area (Å²) in [6.45, 7) is 2.39. The molecule has 0 aromatic carbocycles. The largest absolute Gasteiger partial charge is 0.433 e. The Morgan fingerprint density at radius 2 is 1.76 bits per heavy atom. The van der Waals surface area contributed by atoms with E-state index in [4.69, 9.17) is 0 Å². The number of alkyl halides is 4. The number of hydrogen-bond donors (Lipinski definition) is 1. The number of aromatic nitrogens is 1. The zero-order chi connectivity index (χ0) is 18.1. The summed E-state index contributed by atoms with van der Waals surface area (Å²) < 4.78 is 53.4. The Labute approximate surface area is 144 Å². The van der Waals surface area contributed by atoms with E-state index in [1.165, 1.54) is 12.1 Å². The number of likely N-dealkylation sites (tertiary alicyclic amines) is 1. The second-order valence-electron chi connectivity index (χ2n) is 7.02. The van der Waals surface area contributed by atoms with Crippen molar-refractivity contribution in [2.75, 3.05) is 37.6 Å². The van der Waals surface area contributed by atoms with Crippen LogP contribution in [0.2, 0.25) is 0 Å². The zero-order valence-electron chi connectivity index (χ0n) is 14.0. The summed E-state index contributed by atoms with van der Waals surface area (Å²) in [5.41, 5.74) is -2.26. The summed E-state index contributed by atoms with van der Waals surface area (Å²) in [5.74, 6) is 0.248. The molecule has 0 radical (unpaired) electrons. The number of nitrogens with zero attached hydrogens (tertiary/aromatic N) is 3. The molecule has 0 bridgehead atoms. The molecule has 8 heteroatoms. The summed E-state index contributed by atoms with van der Waals surface area (Å²) in [6, 6.07) is 3.81. The molecule has 0 atom stereocenters. The molecule has 0 aliphatic carbocycles. The van der Waals surface area contributed by atoms with E-state index in [0.29, 0.717) is 45.6 Å². The molecular formula is C17H23F4N3O. The third-order valence-corrected chi connectivity index (χ3v) is 5.07. The van der Waals surface area contributed by atoms with Gasteiger partial charge in [0.1, 0.15) is 17.2 Å². The van der Waals surface area contributed by atoms with Crippen molar-refractivity contribution in [2.24, 2.45) is 0 Å². The fourth-order valence-corrected chi connectivity index (χ4v) is 3.53. The molecule has 3 heterocycles. The number of aliphatic hydroxyl groups is 1. The van der Waals surface area contributed by atoms with E-state index in [1.807, 2.05) is 4.90 Å². The van der Waals surface area contributed by atoms with Crippen LogP contribution < -0.4 is 4.90 Å². The van der Waals surface area contributed by atoms with Crippen LogP contribution in [0.25, 0.3) is 0 Å². The van der Waals surface area contributed by atoms with Gasteiger partial charge in [-0.2, -0.15) is 13.2 Å². The SMILES string of the molecule is OC1CCN(CC2(F)CCN(c3cccc(C(F)(F)F)n3)CC2)CC1. The standard InChI is InChI=1S/C17H23F4N3O/c18-16(12-23-8-4-13(25)5-9-23)6-10-24(11-7-16)15-3-1-2-14(22-15)17(19,20)21/h1-3,13,25H,4-12H2. The minimum atomic E-state index is -4.48. The molecule has 1 aromatic heterocycles. The Bertz CT molecular complexity index is 580. The first-order chi connectivity index (χ1) is 11.8. The van der Waals surface area contributed by atoms with Gasteiger partial charge in [-0.15, -0.1) is 0 Å². The molecule has 0 amide bonds. The molecule has 3 rings (SSSR count). The molecule has 0 spiro atoms. The summed E-state index contributed by atoms with van der Waals surface area (Å²) in [4.78, 5) is 7.43. The maximum absolute atomic E-state index is 15.1. The normalized spacial score (nSPS) is 23.0. The lowest BCUT2D eigenvalue weighted by molar-refractivity contribution is -0.141. The third kappa shape index (κ3) is 4.61. The quantitative estimate of drug-likeness (QED) is 0.841. The second-order valence-corrected chi connectivity index (χ2v) is 7.02. The Kier molecular flexibility index (Phi) is 5.20. The predicted molar refractivity (Wildman–Crippen MR) is 86.2 cm³/mol. The minimum Gasteiger partial charge on any atom is -0.393 e. The van der Waals surface area contributed by atoms with Gasteiger partial charge in [0.05, 0.1) is 6.10 Å². The van der Waals surface area contributed by atoms with Gasteiger partial charge in [0.25, 0.3) is 0 Å². The van der Waals surface area contributed by atoms with Crippen LogP contribution >= 0.6 is 0 Å². The smallest absolute Gasteiger partial charge is 0.393 e. The van der Waals surface area contributed by atoms with E-state index in [0.717, 1.165) is 6.07 Å². The molecule has 2 fully saturated rings. The van der Waals surface area contributed by atoms with E-state index >= 15 is 4.39 Å². The number of rotatable bonds is 3. The van der Waals surface area contributed by atoms with Crippen LogP contribution in [-0.4, -0.2) is 59.5 Å². The highest BCUT2D eigenvalue weighted by Crippen LogP contribution is 2.33. The van der Waals surface area contributed by atoms with Crippen LogP contribution in [0.15, 0.2) is 18.2 Å². The van der Waals surface area contributed by atoms with Crippen molar-refractivity contribution in [1.82, 2.24) is 9.88 Å². The van der Waals surface area contributed by atoms with E-state index < -0.39 is 17.5 Å². The fourth-order valence-electron chi connectivity index (χ4n) is 3.53. The lowest BCUT2D eigenvalue weighted by Crippen LogP contribution is -2.50. The zero-order valence-corrected chi connectivity index (χ0v) is 14.0. The highest BCUT2D eigenvalue weighted by atomic mass is 19.4. The number of hydrogen-bond acceptors (Lipinski definition) is 4. The molecule has 2 aliphatic rings. The lowest BCUT2D eigenvalue weighted by atomic mass is 9.91. The van der Waals surface area contributed by atoms with Crippen LogP contribution in [0.5, 0.6) is 0 Å². The van der Waals surface area contributed by atoms with Crippen molar-refractivity contribution in [1.29, 1.82) is 0 Å². The molecule has 2 saturated heterocycles. The first-order valence-corrected chi connectivity index (χ1v) is 8.64. The maximum Gasteiger partial charge on any atom is 0.433 e. The minimum absolute atomic E-state index is 0.248. The number of halogens is 4. The lowest BCUT2D eigenvalue weighted by Gasteiger charge is -2.41. The average molecular weight is 361 g/mol. The van der Waals surface area contributed by atoms with Gasteiger partial charge in [0, 0.05) is 45.6 Å². The van der Waals surface area contributed by atoms with Crippen molar-refractivity contribution < 1.29 is 22.7 Å². The van der Waals surface area contributed by atoms with Gasteiger partial charge in [0.2, 0.25) is 0 Å². The molecule has 4 nitrogen and oxygen atoms in total. The first kappa shape index (κ1) is 18.4. The summed E-state index contributed by atoms with van der Waals surface area (Å²) in [5, 5.41) is 9.52. The fraction of sp³-hybridized carbons (Fsp3) is 0.706. The summed E-state index contributed by atoms with van der Waals surface area (Å²) >= 11 is 0. The van der Waals surface area contributed by atoms with Crippen molar-refractivity contribution in [3.05, 3.63) is 23.9 Å². The van der Waals surface area contributed by atoms with Crippen LogP contribution in [0.1, 0.15) is 31.4 Å². The number of aliphatic hydroxyl groups excluding tert-OH is 1. The maximum atomic E-state index is 15.1. The van der Waals surface area contributed by atoms with Gasteiger partial charge >= 0.3 is 6.18 Å². The Hall–Kier alpha value is -1.41. The van der Waals surface area contributed by atoms with Gasteiger partial charge in [0.15, 0.2) is 0 Å². The Morgan fingerprint density at radius 3 is 2.36 bits per heavy atom. The molecule has 0 saturated carbocycles. The van der Waals surface area contributed by atoms with Gasteiger partial charge in [-0.05, 0) is 25.0 Å². The van der Waals surface area contributed by atoms with Crippen molar-refractivity contribution >= 4 is 5.82 Å². The molecule has 2 aliphatic heterocycles. The highest BCUT2D eigenvalue weighted by molar-refractivity contribution is 5.40. The molecule has 25 heavy (non-hydrogen) atoms. The van der Waals surface area contributed by atoms with Crippen molar-refractivity contribution in [2.45, 2.75) is 43.6 Å². The van der Waals surface area contributed by atoms with E-state index in [1.54, 1.807) is 4.90 Å². The molecular weight excluding hydrogens is 338 g/mol. The predicted octanol–water partition coefficient (Wildman–Crippen LogP) is 2.87. The number of piperidine rings is 2. The van der Waals surface area contributed by atoms with E-state index in [9.17, 15) is 18.3 Å². The van der Waals surface area contributed by atoms with Gasteiger partial charge in [-0.1, -0.05) is 6.07 Å². The summed E-state index contributed by atoms with van der Waals surface area (Å²) in [6.07, 6.45) is -2.91. The van der Waals surface area contributed by atoms with Crippen molar-refractivity contribution in [3.8, 4) is 0 Å². The van der Waals surface area contributed by atoms with Gasteiger partial charge in [-0.25, -0.2) is 9.37 Å². The monoisotopic (exact) mass is 361 g/mol. The van der Waals surface area contributed by atoms with E-state index in [2.05, 4.69) is 4.98 Å².